The van der Waals surface area contributed by atoms with Crippen LogP contribution in [0.25, 0.3) is 11.5 Å². The molecule has 18 heavy (non-hydrogen) atoms. The molecule has 0 bridgehead atoms. The van der Waals surface area contributed by atoms with E-state index in [0.717, 1.165) is 49.5 Å². The lowest BCUT2D eigenvalue weighted by Gasteiger charge is -2.18. The van der Waals surface area contributed by atoms with E-state index in [1.807, 2.05) is 13.0 Å². The van der Waals surface area contributed by atoms with Crippen LogP contribution in [0.5, 0.6) is 0 Å². The van der Waals surface area contributed by atoms with Gasteiger partial charge in [0.25, 0.3) is 5.89 Å². The second-order valence-electron chi connectivity index (χ2n) is 4.59. The maximum atomic E-state index is 5.39. The van der Waals surface area contributed by atoms with E-state index >= 15 is 0 Å². The number of aromatic nitrogens is 2. The van der Waals surface area contributed by atoms with Gasteiger partial charge in [0.1, 0.15) is 5.76 Å². The van der Waals surface area contributed by atoms with Crippen molar-refractivity contribution in [3.05, 3.63) is 23.9 Å². The van der Waals surface area contributed by atoms with E-state index in [1.54, 1.807) is 6.26 Å². The van der Waals surface area contributed by atoms with Crippen LogP contribution in [-0.2, 0) is 6.42 Å². The van der Waals surface area contributed by atoms with Crippen molar-refractivity contribution < 1.29 is 8.94 Å². The van der Waals surface area contributed by atoms with Gasteiger partial charge in [-0.3, -0.25) is 0 Å². The highest BCUT2D eigenvalue weighted by molar-refractivity contribution is 5.55. The zero-order valence-electron chi connectivity index (χ0n) is 10.5. The molecule has 0 radical (unpaired) electrons. The van der Waals surface area contributed by atoms with Gasteiger partial charge in [-0.1, -0.05) is 12.1 Å². The molecule has 0 spiro atoms. The Morgan fingerprint density at radius 3 is 3.00 bits per heavy atom. The molecule has 2 aromatic rings. The fourth-order valence-electron chi connectivity index (χ4n) is 2.40. The van der Waals surface area contributed by atoms with Crippen molar-refractivity contribution in [2.24, 2.45) is 0 Å². The highest BCUT2D eigenvalue weighted by Crippen LogP contribution is 2.28. The first-order chi connectivity index (χ1) is 8.88. The van der Waals surface area contributed by atoms with Gasteiger partial charge in [0.2, 0.25) is 0 Å². The molecule has 1 aliphatic heterocycles. The summed E-state index contributed by atoms with van der Waals surface area (Å²) in [5.74, 6) is 2.72. The molecule has 5 nitrogen and oxygen atoms in total. The molecule has 3 heterocycles. The quantitative estimate of drug-likeness (QED) is 0.902. The Morgan fingerprint density at radius 1 is 1.39 bits per heavy atom. The molecule has 5 heteroatoms. The number of furan rings is 1. The molecule has 0 aromatic carbocycles. The topological polar surface area (TPSA) is 64.1 Å². The minimum atomic E-state index is 0.417. The van der Waals surface area contributed by atoms with Crippen LogP contribution in [-0.4, -0.2) is 23.2 Å². The second-order valence-corrected chi connectivity index (χ2v) is 4.59. The Morgan fingerprint density at radius 2 is 2.22 bits per heavy atom. The molecular formula is C13H17N3O2. The van der Waals surface area contributed by atoms with Crippen LogP contribution >= 0.6 is 0 Å². The predicted molar refractivity (Wildman–Crippen MR) is 66.2 cm³/mol. The van der Waals surface area contributed by atoms with Crippen molar-refractivity contribution in [1.82, 2.24) is 15.5 Å². The zero-order valence-corrected chi connectivity index (χ0v) is 10.5. The third kappa shape index (κ3) is 2.06. The number of piperidine rings is 1. The molecule has 0 saturated carbocycles. The number of aryl methyl sites for hydroxylation is 1. The molecule has 3 rings (SSSR count). The Bertz CT molecular complexity index is 512. The van der Waals surface area contributed by atoms with Gasteiger partial charge in [-0.15, -0.1) is 0 Å². The summed E-state index contributed by atoms with van der Waals surface area (Å²) in [6.45, 7) is 4.10. The minimum absolute atomic E-state index is 0.417. The molecule has 96 valence electrons. The van der Waals surface area contributed by atoms with Gasteiger partial charge in [-0.25, -0.2) is 0 Å². The number of rotatable bonds is 3. The zero-order chi connectivity index (χ0) is 12.4. The molecule has 0 amide bonds. The van der Waals surface area contributed by atoms with E-state index < -0.39 is 0 Å². The van der Waals surface area contributed by atoms with E-state index in [-0.39, 0.29) is 0 Å². The van der Waals surface area contributed by atoms with E-state index in [9.17, 15) is 0 Å². The van der Waals surface area contributed by atoms with Gasteiger partial charge in [-0.2, -0.15) is 4.98 Å². The van der Waals surface area contributed by atoms with Gasteiger partial charge in [0.15, 0.2) is 5.82 Å². The van der Waals surface area contributed by atoms with Crippen LogP contribution in [0.1, 0.15) is 37.3 Å². The van der Waals surface area contributed by atoms with Gasteiger partial charge in [-0.05, 0) is 32.0 Å². The molecule has 1 fully saturated rings. The molecule has 2 aromatic heterocycles. The Kier molecular flexibility index (Phi) is 3.15. The Hall–Kier alpha value is -1.62. The van der Waals surface area contributed by atoms with Crippen molar-refractivity contribution in [2.75, 3.05) is 13.1 Å². The summed E-state index contributed by atoms with van der Waals surface area (Å²) in [7, 11) is 0. The highest BCUT2D eigenvalue weighted by atomic mass is 16.5. The summed E-state index contributed by atoms with van der Waals surface area (Å²) in [6, 6.07) is 1.89. The maximum Gasteiger partial charge on any atom is 0.261 e. The molecule has 0 aliphatic carbocycles. The van der Waals surface area contributed by atoms with Crippen LogP contribution in [0.3, 0.4) is 0 Å². The van der Waals surface area contributed by atoms with Crippen molar-refractivity contribution in [3.63, 3.8) is 0 Å². The average molecular weight is 247 g/mol. The monoisotopic (exact) mass is 247 g/mol. The summed E-state index contributed by atoms with van der Waals surface area (Å²) < 4.78 is 10.7. The van der Waals surface area contributed by atoms with Gasteiger partial charge in [0, 0.05) is 12.3 Å². The first-order valence-corrected chi connectivity index (χ1v) is 6.49. The third-order valence-electron chi connectivity index (χ3n) is 3.44. The molecule has 0 unspecified atom stereocenters. The summed E-state index contributed by atoms with van der Waals surface area (Å²) in [6.07, 6.45) is 4.64. The fraction of sp³-hybridized carbons (Fsp3) is 0.538. The Balaban J connectivity index is 1.84. The number of nitrogens with one attached hydrogen (secondary N) is 1. The Labute approximate surface area is 106 Å². The SMILES string of the molecule is CCc1occc1-c1nc(C2CCNCC2)no1. The summed E-state index contributed by atoms with van der Waals surface area (Å²) in [5.41, 5.74) is 0.921. The number of nitrogens with zero attached hydrogens (tertiary/aromatic N) is 2. The lowest BCUT2D eigenvalue weighted by atomic mass is 9.98. The van der Waals surface area contributed by atoms with E-state index in [0.29, 0.717) is 11.8 Å². The second kappa shape index (κ2) is 4.94. The molecular weight excluding hydrogens is 230 g/mol. The highest BCUT2D eigenvalue weighted by Gasteiger charge is 2.22. The molecule has 1 saturated heterocycles. The minimum Gasteiger partial charge on any atom is -0.469 e. The van der Waals surface area contributed by atoms with Crippen LogP contribution in [0.2, 0.25) is 0 Å². The van der Waals surface area contributed by atoms with Crippen molar-refractivity contribution in [3.8, 4) is 11.5 Å². The lowest BCUT2D eigenvalue weighted by molar-refractivity contribution is 0.391. The molecule has 0 atom stereocenters. The summed E-state index contributed by atoms with van der Waals surface area (Å²) >= 11 is 0. The molecule has 1 N–H and O–H groups in total. The predicted octanol–water partition coefficient (Wildman–Crippen LogP) is 2.36. The normalized spacial score (nSPS) is 17.2. The van der Waals surface area contributed by atoms with Crippen LogP contribution < -0.4 is 5.32 Å². The van der Waals surface area contributed by atoms with Crippen molar-refractivity contribution >= 4 is 0 Å². The van der Waals surface area contributed by atoms with Gasteiger partial charge >= 0.3 is 0 Å². The number of hydrogen-bond donors (Lipinski definition) is 1. The first-order valence-electron chi connectivity index (χ1n) is 6.49. The smallest absolute Gasteiger partial charge is 0.261 e. The molecule has 1 aliphatic rings. The van der Waals surface area contributed by atoms with E-state index in [4.69, 9.17) is 8.94 Å². The summed E-state index contributed by atoms with van der Waals surface area (Å²) in [5, 5.41) is 7.45. The van der Waals surface area contributed by atoms with Crippen LogP contribution in [0, 0.1) is 0 Å². The van der Waals surface area contributed by atoms with Gasteiger partial charge < -0.3 is 14.3 Å². The number of hydrogen-bond acceptors (Lipinski definition) is 5. The van der Waals surface area contributed by atoms with Gasteiger partial charge in [0.05, 0.1) is 11.8 Å². The largest absolute Gasteiger partial charge is 0.469 e. The lowest BCUT2D eigenvalue weighted by Crippen LogP contribution is -2.27. The van der Waals surface area contributed by atoms with Crippen molar-refractivity contribution in [1.29, 1.82) is 0 Å². The first kappa shape index (κ1) is 11.5. The standard InChI is InChI=1S/C13H17N3O2/c1-2-11-10(5-8-17-11)13-15-12(16-18-13)9-3-6-14-7-4-9/h5,8-9,14H,2-4,6-7H2,1H3. The third-order valence-corrected chi connectivity index (χ3v) is 3.44. The maximum absolute atomic E-state index is 5.39. The average Bonchev–Trinajstić information content (AvgIpc) is 3.08. The van der Waals surface area contributed by atoms with E-state index in [1.165, 1.54) is 0 Å². The summed E-state index contributed by atoms with van der Waals surface area (Å²) in [4.78, 5) is 4.52. The van der Waals surface area contributed by atoms with Crippen LogP contribution in [0.15, 0.2) is 21.3 Å². The van der Waals surface area contributed by atoms with Crippen molar-refractivity contribution in [2.45, 2.75) is 32.1 Å². The van der Waals surface area contributed by atoms with E-state index in [2.05, 4.69) is 15.5 Å². The fourth-order valence-corrected chi connectivity index (χ4v) is 2.40. The van der Waals surface area contributed by atoms with Crippen LogP contribution in [0.4, 0.5) is 0 Å².